The summed E-state index contributed by atoms with van der Waals surface area (Å²) in [6.45, 7) is 1.44. The third kappa shape index (κ3) is 2.29. The van der Waals surface area contributed by atoms with Crippen molar-refractivity contribution < 1.29 is 10.2 Å². The second kappa shape index (κ2) is 5.95. The second-order valence-electron chi connectivity index (χ2n) is 6.97. The highest BCUT2D eigenvalue weighted by Crippen LogP contribution is 2.36. The molecule has 2 atom stereocenters. The smallest absolute Gasteiger partial charge is 0.261 e. The summed E-state index contributed by atoms with van der Waals surface area (Å²) in [5.41, 5.74) is 1.83. The number of likely N-dealkylation sites (N-methyl/N-ethyl adjacent to an activating group) is 1. The average Bonchev–Trinajstić information content (AvgIpc) is 2.61. The van der Waals surface area contributed by atoms with Gasteiger partial charge in [0.05, 0.1) is 24.1 Å². The van der Waals surface area contributed by atoms with Crippen LogP contribution in [0.25, 0.3) is 10.9 Å². The van der Waals surface area contributed by atoms with Crippen LogP contribution in [0.3, 0.4) is 0 Å². The van der Waals surface area contributed by atoms with E-state index in [0.29, 0.717) is 40.5 Å². The maximum atomic E-state index is 13.0. The Hall–Kier alpha value is -1.76. The Kier molecular flexibility index (Phi) is 3.90. The molecule has 1 saturated heterocycles. The van der Waals surface area contributed by atoms with Gasteiger partial charge >= 0.3 is 0 Å². The first-order valence-corrected chi connectivity index (χ1v) is 8.62. The van der Waals surface area contributed by atoms with Gasteiger partial charge in [-0.1, -0.05) is 0 Å². The molecule has 0 unspecified atom stereocenters. The van der Waals surface area contributed by atoms with Gasteiger partial charge in [-0.05, 0) is 56.1 Å². The molecule has 6 heteroatoms. The summed E-state index contributed by atoms with van der Waals surface area (Å²) in [6.07, 6.45) is 3.16. The second-order valence-corrected chi connectivity index (χ2v) is 6.97. The maximum absolute atomic E-state index is 13.0. The molecule has 0 radical (unpaired) electrons. The summed E-state index contributed by atoms with van der Waals surface area (Å²) >= 11 is 0. The normalized spacial score (nSPS) is 24.0. The number of likely N-dealkylation sites (tertiary alicyclic amines) is 1. The predicted octanol–water partition coefficient (Wildman–Crippen LogP) is 0.963. The molecule has 2 aliphatic heterocycles. The Morgan fingerprint density at radius 3 is 2.67 bits per heavy atom. The third-order valence-corrected chi connectivity index (χ3v) is 5.68. The lowest BCUT2D eigenvalue weighted by Gasteiger charge is -2.42. The molecule has 1 aromatic carbocycles. The molecule has 24 heavy (non-hydrogen) atoms. The first-order valence-electron chi connectivity index (χ1n) is 8.62. The molecular formula is C18H23N3O3. The minimum Gasteiger partial charge on any atom is -0.392 e. The van der Waals surface area contributed by atoms with Crippen molar-refractivity contribution >= 4 is 10.9 Å². The fourth-order valence-corrected chi connectivity index (χ4v) is 4.38. The van der Waals surface area contributed by atoms with E-state index in [2.05, 4.69) is 11.9 Å². The number of aromatic nitrogens is 2. The van der Waals surface area contributed by atoms with Crippen LogP contribution in [0.2, 0.25) is 0 Å². The van der Waals surface area contributed by atoms with Crippen LogP contribution < -0.4 is 5.56 Å². The van der Waals surface area contributed by atoms with Crippen LogP contribution in [0.4, 0.5) is 0 Å². The Labute approximate surface area is 140 Å². The van der Waals surface area contributed by atoms with Gasteiger partial charge in [-0.2, -0.15) is 0 Å². The molecule has 4 rings (SSSR count). The Morgan fingerprint density at radius 2 is 1.92 bits per heavy atom. The van der Waals surface area contributed by atoms with Crippen molar-refractivity contribution in [1.82, 2.24) is 14.5 Å². The molecule has 1 aromatic heterocycles. The van der Waals surface area contributed by atoms with Gasteiger partial charge in [0.2, 0.25) is 0 Å². The van der Waals surface area contributed by atoms with Crippen molar-refractivity contribution in [3.8, 4) is 0 Å². The summed E-state index contributed by atoms with van der Waals surface area (Å²) in [5, 5.41) is 19.5. The van der Waals surface area contributed by atoms with Gasteiger partial charge in [0.25, 0.3) is 5.56 Å². The zero-order valence-corrected chi connectivity index (χ0v) is 13.9. The van der Waals surface area contributed by atoms with Gasteiger partial charge in [-0.3, -0.25) is 9.36 Å². The summed E-state index contributed by atoms with van der Waals surface area (Å²) in [4.78, 5) is 20.2. The average molecular weight is 329 g/mol. The van der Waals surface area contributed by atoms with E-state index >= 15 is 0 Å². The van der Waals surface area contributed by atoms with Crippen LogP contribution in [0.5, 0.6) is 0 Å². The van der Waals surface area contributed by atoms with E-state index < -0.39 is 0 Å². The quantitative estimate of drug-likeness (QED) is 0.858. The molecule has 6 nitrogen and oxygen atoms in total. The van der Waals surface area contributed by atoms with Crippen LogP contribution in [0, 0.1) is 0 Å². The van der Waals surface area contributed by atoms with Crippen LogP contribution in [-0.2, 0) is 19.8 Å². The summed E-state index contributed by atoms with van der Waals surface area (Å²) in [7, 11) is 2.16. The van der Waals surface area contributed by atoms with Crippen molar-refractivity contribution in [1.29, 1.82) is 0 Å². The van der Waals surface area contributed by atoms with Gasteiger partial charge in [0.15, 0.2) is 0 Å². The SMILES string of the molecule is CN1CCC[C@H]2c3nc4cc(CO)c(CO)cc4c(=O)n3CC[C@H]21. The van der Waals surface area contributed by atoms with Gasteiger partial charge in [-0.15, -0.1) is 0 Å². The molecule has 3 heterocycles. The Morgan fingerprint density at radius 1 is 1.17 bits per heavy atom. The van der Waals surface area contributed by atoms with E-state index in [-0.39, 0.29) is 18.8 Å². The number of piperidine rings is 1. The standard InChI is InChI=1S/C18H23N3O3/c1-20-5-2-3-13-16(20)4-6-21-17(13)19-15-8-12(10-23)11(9-22)7-14(15)18(21)24/h7-8,13,16,22-23H,2-6,9-10H2,1H3/t13-,16-/m1/s1. The molecular weight excluding hydrogens is 306 g/mol. The van der Waals surface area contributed by atoms with Crippen molar-refractivity contribution in [2.45, 2.75) is 51.0 Å². The highest BCUT2D eigenvalue weighted by Gasteiger charge is 2.36. The number of benzene rings is 1. The van der Waals surface area contributed by atoms with E-state index in [0.717, 1.165) is 31.6 Å². The van der Waals surface area contributed by atoms with Crippen molar-refractivity contribution in [2.75, 3.05) is 13.6 Å². The zero-order valence-electron chi connectivity index (χ0n) is 13.9. The largest absolute Gasteiger partial charge is 0.392 e. The highest BCUT2D eigenvalue weighted by atomic mass is 16.3. The van der Waals surface area contributed by atoms with Gasteiger partial charge in [-0.25, -0.2) is 4.98 Å². The molecule has 0 bridgehead atoms. The number of hydrogen-bond donors (Lipinski definition) is 2. The monoisotopic (exact) mass is 329 g/mol. The van der Waals surface area contributed by atoms with E-state index in [9.17, 15) is 15.0 Å². The van der Waals surface area contributed by atoms with Crippen LogP contribution in [0.1, 0.15) is 42.1 Å². The molecule has 0 amide bonds. The number of aliphatic hydroxyl groups is 2. The number of fused-ring (bicyclic) bond motifs is 4. The predicted molar refractivity (Wildman–Crippen MR) is 90.9 cm³/mol. The molecule has 0 saturated carbocycles. The molecule has 128 valence electrons. The zero-order chi connectivity index (χ0) is 16.8. The minimum absolute atomic E-state index is 0.0270. The highest BCUT2D eigenvalue weighted by molar-refractivity contribution is 5.79. The summed E-state index contributed by atoms with van der Waals surface area (Å²) in [5.74, 6) is 1.18. The Bertz CT molecular complexity index is 845. The van der Waals surface area contributed by atoms with Crippen molar-refractivity contribution in [3.63, 3.8) is 0 Å². The van der Waals surface area contributed by atoms with E-state index in [1.165, 1.54) is 0 Å². The fourth-order valence-electron chi connectivity index (χ4n) is 4.38. The van der Waals surface area contributed by atoms with Crippen LogP contribution in [-0.4, -0.2) is 44.3 Å². The molecule has 1 fully saturated rings. The molecule has 2 aromatic rings. The molecule has 2 aliphatic rings. The van der Waals surface area contributed by atoms with Crippen molar-refractivity contribution in [3.05, 3.63) is 39.4 Å². The van der Waals surface area contributed by atoms with Gasteiger partial charge < -0.3 is 15.1 Å². The lowest BCUT2D eigenvalue weighted by Crippen LogP contribution is -2.47. The number of hydrogen-bond acceptors (Lipinski definition) is 5. The Balaban J connectivity index is 1.93. The summed E-state index contributed by atoms with van der Waals surface area (Å²) in [6, 6.07) is 3.89. The molecule has 0 spiro atoms. The van der Waals surface area contributed by atoms with E-state index in [1.807, 2.05) is 4.57 Å². The summed E-state index contributed by atoms with van der Waals surface area (Å²) < 4.78 is 1.82. The van der Waals surface area contributed by atoms with E-state index in [1.54, 1.807) is 12.1 Å². The first-order chi connectivity index (χ1) is 11.6. The van der Waals surface area contributed by atoms with Gasteiger partial charge in [0, 0.05) is 18.5 Å². The molecule has 0 aliphatic carbocycles. The molecule has 2 N–H and O–H groups in total. The van der Waals surface area contributed by atoms with Crippen LogP contribution >= 0.6 is 0 Å². The maximum Gasteiger partial charge on any atom is 0.261 e. The topological polar surface area (TPSA) is 78.6 Å². The number of rotatable bonds is 2. The van der Waals surface area contributed by atoms with Crippen LogP contribution in [0.15, 0.2) is 16.9 Å². The lowest BCUT2D eigenvalue weighted by atomic mass is 9.84. The number of nitrogens with zero attached hydrogens (tertiary/aromatic N) is 3. The third-order valence-electron chi connectivity index (χ3n) is 5.68. The lowest BCUT2D eigenvalue weighted by molar-refractivity contribution is 0.123. The van der Waals surface area contributed by atoms with Crippen molar-refractivity contribution in [2.24, 2.45) is 0 Å². The first kappa shape index (κ1) is 15.7. The fraction of sp³-hybridized carbons (Fsp3) is 0.556. The minimum atomic E-state index is -0.192. The van der Waals surface area contributed by atoms with Gasteiger partial charge in [0.1, 0.15) is 5.82 Å². The number of aliphatic hydroxyl groups excluding tert-OH is 2. The van der Waals surface area contributed by atoms with E-state index in [4.69, 9.17) is 4.98 Å².